The number of halogens is 5. The number of hydrogen-bond acceptors (Lipinski definition) is 7. The molecular weight excluding hydrogens is 578 g/mol. The third-order valence-corrected chi connectivity index (χ3v) is 7.97. The molecule has 1 aliphatic carbocycles. The van der Waals surface area contributed by atoms with E-state index >= 15 is 0 Å². The number of thioether (sulfide) groups is 1. The van der Waals surface area contributed by atoms with E-state index < -0.39 is 47.6 Å². The number of urea groups is 1. The Morgan fingerprint density at radius 1 is 1.25 bits per heavy atom. The van der Waals surface area contributed by atoms with Gasteiger partial charge in [0.15, 0.2) is 0 Å². The summed E-state index contributed by atoms with van der Waals surface area (Å²) in [7, 11) is 1.47. The molecule has 15 heteroatoms. The Bertz CT molecular complexity index is 1370. The molecule has 1 saturated carbocycles. The maximum absolute atomic E-state index is 13.7. The highest BCUT2D eigenvalue weighted by Crippen LogP contribution is 2.51. The predicted octanol–water partition coefficient (Wildman–Crippen LogP) is 5.68. The first kappa shape index (κ1) is 29.5. The first-order valence-corrected chi connectivity index (χ1v) is 13.2. The predicted molar refractivity (Wildman–Crippen MR) is 141 cm³/mol. The van der Waals surface area contributed by atoms with Crippen molar-refractivity contribution in [3.05, 3.63) is 70.8 Å². The third-order valence-electron chi connectivity index (χ3n) is 6.09. The highest BCUT2D eigenvalue weighted by Gasteiger charge is 2.59. The lowest BCUT2D eigenvalue weighted by atomic mass is 10.1. The third kappa shape index (κ3) is 7.17. The number of anilines is 1. The molecule has 0 radical (unpaired) electrons. The van der Waals surface area contributed by atoms with Crippen molar-refractivity contribution in [3.63, 3.8) is 0 Å². The van der Waals surface area contributed by atoms with Crippen molar-refractivity contribution < 1.29 is 36.4 Å². The van der Waals surface area contributed by atoms with Crippen molar-refractivity contribution in [2.24, 2.45) is 0 Å². The van der Waals surface area contributed by atoms with E-state index in [2.05, 4.69) is 21.1 Å². The second-order valence-electron chi connectivity index (χ2n) is 8.74. The summed E-state index contributed by atoms with van der Waals surface area (Å²) in [6.45, 7) is -0.648. The van der Waals surface area contributed by atoms with Crippen LogP contribution in [-0.4, -0.2) is 59.1 Å². The molecule has 2 aromatic carbocycles. The monoisotopic (exact) mass is 601 g/mol. The van der Waals surface area contributed by atoms with Crippen LogP contribution in [0.1, 0.15) is 12.0 Å². The first-order valence-electron chi connectivity index (χ1n) is 11.9. The molecule has 2 unspecified atom stereocenters. The van der Waals surface area contributed by atoms with Gasteiger partial charge in [-0.05, 0) is 23.8 Å². The van der Waals surface area contributed by atoms with Crippen LogP contribution in [0.15, 0.2) is 53.1 Å². The molecule has 9 nitrogen and oxygen atoms in total. The summed E-state index contributed by atoms with van der Waals surface area (Å²) in [4.78, 5) is 25.5. The molecule has 0 saturated heterocycles. The van der Waals surface area contributed by atoms with E-state index in [1.54, 1.807) is 12.1 Å². The Balaban J connectivity index is 1.33. The molecule has 2 atom stereocenters. The number of alkyl halides is 2. The van der Waals surface area contributed by atoms with Gasteiger partial charge in [-0.1, -0.05) is 52.8 Å². The molecule has 0 bridgehead atoms. The van der Waals surface area contributed by atoms with E-state index in [0.29, 0.717) is 23.2 Å². The molecule has 1 aliphatic rings. The van der Waals surface area contributed by atoms with Crippen LogP contribution in [0, 0.1) is 11.6 Å². The lowest BCUT2D eigenvalue weighted by molar-refractivity contribution is 0.143. The summed E-state index contributed by atoms with van der Waals surface area (Å²) in [6, 6.07) is 10.2. The second kappa shape index (κ2) is 12.8. The van der Waals surface area contributed by atoms with Gasteiger partial charge in [-0.2, -0.15) is 0 Å². The maximum atomic E-state index is 13.7. The number of hydrogen-bond donors (Lipinski definition) is 3. The molecule has 40 heavy (non-hydrogen) atoms. The van der Waals surface area contributed by atoms with Crippen LogP contribution in [-0.2, 0) is 11.3 Å². The average Bonchev–Trinajstić information content (AvgIpc) is 3.43. The Morgan fingerprint density at radius 3 is 2.77 bits per heavy atom. The van der Waals surface area contributed by atoms with E-state index in [4.69, 9.17) is 20.9 Å². The summed E-state index contributed by atoms with van der Waals surface area (Å²) in [5, 5.41) is 11.4. The van der Waals surface area contributed by atoms with Crippen molar-refractivity contribution >= 4 is 41.4 Å². The molecule has 1 heterocycles. The van der Waals surface area contributed by atoms with Crippen LogP contribution >= 0.6 is 23.4 Å². The van der Waals surface area contributed by atoms with Crippen LogP contribution in [0.2, 0.25) is 5.02 Å². The number of benzene rings is 2. The molecule has 1 aromatic heterocycles. The lowest BCUT2D eigenvalue weighted by Crippen LogP contribution is -2.47. The average molecular weight is 602 g/mol. The fraction of sp³-hybridized carbons (Fsp3) is 0.320. The number of likely N-dealkylation sites (N-methyl/N-ethyl adjacent to an activating group) is 1. The Morgan fingerprint density at radius 2 is 2.02 bits per heavy atom. The molecule has 1 fully saturated rings. The van der Waals surface area contributed by atoms with Crippen molar-refractivity contribution in [1.82, 2.24) is 20.7 Å². The summed E-state index contributed by atoms with van der Waals surface area (Å²) >= 11 is 7.00. The van der Waals surface area contributed by atoms with Crippen molar-refractivity contribution in [2.45, 2.75) is 30.3 Å². The van der Waals surface area contributed by atoms with Gasteiger partial charge in [0.2, 0.25) is 5.88 Å². The summed E-state index contributed by atoms with van der Waals surface area (Å²) in [5.41, 5.74) is 1.10. The van der Waals surface area contributed by atoms with Gasteiger partial charge in [0.25, 0.3) is 6.43 Å². The second-order valence-corrected chi connectivity index (χ2v) is 10.3. The molecule has 214 valence electrons. The molecule has 3 N–H and O–H groups in total. The highest BCUT2D eigenvalue weighted by molar-refractivity contribution is 8.00. The fourth-order valence-electron chi connectivity index (χ4n) is 3.91. The number of ether oxygens (including phenoxy) is 1. The van der Waals surface area contributed by atoms with E-state index in [1.165, 1.54) is 48.3 Å². The summed E-state index contributed by atoms with van der Waals surface area (Å²) in [5.74, 6) is -1.37. The minimum absolute atomic E-state index is 0.0422. The van der Waals surface area contributed by atoms with Gasteiger partial charge < -0.3 is 24.8 Å². The molecule has 4 rings (SSSR count). The van der Waals surface area contributed by atoms with Crippen molar-refractivity contribution in [1.29, 1.82) is 0 Å². The summed E-state index contributed by atoms with van der Waals surface area (Å²) < 4.78 is 63.0. The quantitative estimate of drug-likeness (QED) is 0.192. The maximum Gasteiger partial charge on any atom is 0.414 e. The van der Waals surface area contributed by atoms with E-state index in [-0.39, 0.29) is 23.4 Å². The molecule has 3 aromatic rings. The number of amides is 3. The van der Waals surface area contributed by atoms with Gasteiger partial charge in [-0.25, -0.2) is 27.2 Å². The summed E-state index contributed by atoms with van der Waals surface area (Å²) in [6.07, 6.45) is -3.19. The number of carbonyl (C=O) groups excluding carboxylic acids is 2. The Hall–Kier alpha value is -3.49. The van der Waals surface area contributed by atoms with Gasteiger partial charge in [0.1, 0.15) is 28.1 Å². The minimum Gasteiger partial charge on any atom is -0.438 e. The van der Waals surface area contributed by atoms with Crippen LogP contribution < -0.4 is 16.0 Å². The van der Waals surface area contributed by atoms with Crippen LogP contribution in [0.4, 0.5) is 33.0 Å². The SMILES string of the molecule is CN(C(=O)NCc1cccc(F)c1Cl)C1(SCOC(=O)Nc2cc(-c3cccc(F)c3)no2)CC1NCC(F)F. The van der Waals surface area contributed by atoms with Gasteiger partial charge in [0, 0.05) is 37.7 Å². The van der Waals surface area contributed by atoms with E-state index in [1.807, 2.05) is 0 Å². The molecule has 0 aliphatic heterocycles. The number of nitrogens with zero attached hydrogens (tertiary/aromatic N) is 2. The van der Waals surface area contributed by atoms with Gasteiger partial charge in [0.05, 0.1) is 11.6 Å². The number of nitrogens with one attached hydrogen (secondary N) is 3. The standard InChI is InChI=1S/C25H24ClF4N5O4S/c1-35(23(36)32-11-15-5-3-7-17(28)22(15)26)25(10-19(25)31-12-20(29)30)40-13-38-24(37)33-21-9-18(34-39-21)14-4-2-6-16(27)8-14/h2-9,19-20,31H,10-13H2,1H3,(H,32,36)(H,33,37). The highest BCUT2D eigenvalue weighted by atomic mass is 35.5. The largest absolute Gasteiger partial charge is 0.438 e. The Kier molecular flexibility index (Phi) is 9.43. The van der Waals surface area contributed by atoms with Crippen LogP contribution in [0.3, 0.4) is 0 Å². The van der Waals surface area contributed by atoms with E-state index in [9.17, 15) is 27.2 Å². The smallest absolute Gasteiger partial charge is 0.414 e. The molecule has 3 amide bonds. The van der Waals surface area contributed by atoms with Crippen molar-refractivity contribution in [2.75, 3.05) is 24.8 Å². The normalized spacial score (nSPS) is 17.9. The number of carbonyl (C=O) groups is 2. The first-order chi connectivity index (χ1) is 19.1. The minimum atomic E-state index is -2.60. The zero-order valence-corrected chi connectivity index (χ0v) is 22.5. The van der Waals surface area contributed by atoms with Crippen molar-refractivity contribution in [3.8, 4) is 11.3 Å². The topological polar surface area (TPSA) is 109 Å². The lowest BCUT2D eigenvalue weighted by Gasteiger charge is -2.29. The van der Waals surface area contributed by atoms with Gasteiger partial charge >= 0.3 is 12.1 Å². The van der Waals surface area contributed by atoms with Gasteiger partial charge in [-0.15, -0.1) is 0 Å². The zero-order chi connectivity index (χ0) is 28.9. The fourth-order valence-corrected chi connectivity index (χ4v) is 5.32. The van der Waals surface area contributed by atoms with E-state index in [0.717, 1.165) is 11.8 Å². The number of rotatable bonds is 11. The molecular formula is C25H24ClF4N5O4S. The molecule has 0 spiro atoms. The zero-order valence-electron chi connectivity index (χ0n) is 20.9. The number of aromatic nitrogens is 1. The van der Waals surface area contributed by atoms with Crippen LogP contribution in [0.5, 0.6) is 0 Å². The van der Waals surface area contributed by atoms with Gasteiger partial charge in [-0.3, -0.25) is 5.32 Å². The van der Waals surface area contributed by atoms with Crippen LogP contribution in [0.25, 0.3) is 11.3 Å². The Labute approximate surface area is 235 Å².